The average molecular weight is 277 g/mol. The highest BCUT2D eigenvalue weighted by atomic mass is 35.5. The van der Waals surface area contributed by atoms with E-state index in [4.69, 9.17) is 11.6 Å². The molecule has 1 amide bonds. The topological polar surface area (TPSA) is 44.1 Å². The molecule has 1 saturated carbocycles. The summed E-state index contributed by atoms with van der Waals surface area (Å²) in [6, 6.07) is 9.69. The third kappa shape index (κ3) is 2.90. The SMILES string of the molecule is CN(Cc1cccc(Cl)c1)C(=O)C1(C#N)CCCC1. The van der Waals surface area contributed by atoms with Crippen molar-refractivity contribution in [2.45, 2.75) is 32.2 Å². The second kappa shape index (κ2) is 5.63. The van der Waals surface area contributed by atoms with E-state index in [2.05, 4.69) is 6.07 Å². The van der Waals surface area contributed by atoms with Gasteiger partial charge in [-0.1, -0.05) is 36.6 Å². The van der Waals surface area contributed by atoms with E-state index in [1.807, 2.05) is 18.2 Å². The second-order valence-corrected chi connectivity index (χ2v) is 5.63. The lowest BCUT2D eigenvalue weighted by Crippen LogP contribution is -2.39. The van der Waals surface area contributed by atoms with Crippen LogP contribution in [0.3, 0.4) is 0 Å². The standard InChI is InChI=1S/C15H17ClN2O/c1-18(10-12-5-4-6-13(16)9-12)14(19)15(11-17)7-2-3-8-15/h4-6,9H,2-3,7-8,10H2,1H3. The van der Waals surface area contributed by atoms with Crippen LogP contribution < -0.4 is 0 Å². The van der Waals surface area contributed by atoms with Gasteiger partial charge in [0.2, 0.25) is 5.91 Å². The molecule has 0 spiro atoms. The lowest BCUT2D eigenvalue weighted by molar-refractivity contribution is -0.138. The van der Waals surface area contributed by atoms with Crippen molar-refractivity contribution in [1.29, 1.82) is 5.26 Å². The maximum atomic E-state index is 12.5. The number of nitrogens with zero attached hydrogens (tertiary/aromatic N) is 2. The fraction of sp³-hybridized carbons (Fsp3) is 0.467. The number of hydrogen-bond acceptors (Lipinski definition) is 2. The van der Waals surface area contributed by atoms with Gasteiger partial charge in [0.25, 0.3) is 0 Å². The number of nitriles is 1. The third-order valence-corrected chi connectivity index (χ3v) is 3.97. The van der Waals surface area contributed by atoms with E-state index >= 15 is 0 Å². The predicted octanol–water partition coefficient (Wildman–Crippen LogP) is 3.38. The molecule has 19 heavy (non-hydrogen) atoms. The van der Waals surface area contributed by atoms with Crippen LogP contribution >= 0.6 is 11.6 Å². The van der Waals surface area contributed by atoms with E-state index in [1.165, 1.54) is 0 Å². The molecule has 0 saturated heterocycles. The zero-order chi connectivity index (χ0) is 13.9. The van der Waals surface area contributed by atoms with Crippen LogP contribution in [-0.4, -0.2) is 17.9 Å². The van der Waals surface area contributed by atoms with Gasteiger partial charge < -0.3 is 4.90 Å². The molecule has 0 radical (unpaired) electrons. The Hall–Kier alpha value is -1.53. The molecule has 0 bridgehead atoms. The number of rotatable bonds is 3. The number of halogens is 1. The van der Waals surface area contributed by atoms with Crippen molar-refractivity contribution in [1.82, 2.24) is 4.90 Å². The zero-order valence-electron chi connectivity index (χ0n) is 11.0. The molecule has 100 valence electrons. The van der Waals surface area contributed by atoms with Crippen LogP contribution in [-0.2, 0) is 11.3 Å². The fourth-order valence-electron chi connectivity index (χ4n) is 2.70. The van der Waals surface area contributed by atoms with E-state index in [0.29, 0.717) is 24.4 Å². The van der Waals surface area contributed by atoms with Gasteiger partial charge in [0, 0.05) is 18.6 Å². The van der Waals surface area contributed by atoms with Gasteiger partial charge in [-0.05, 0) is 30.5 Å². The quantitative estimate of drug-likeness (QED) is 0.849. The lowest BCUT2D eigenvalue weighted by Gasteiger charge is -2.26. The molecule has 0 N–H and O–H groups in total. The zero-order valence-corrected chi connectivity index (χ0v) is 11.8. The first kappa shape index (κ1) is 13.9. The van der Waals surface area contributed by atoms with Crippen LogP contribution in [0.5, 0.6) is 0 Å². The van der Waals surface area contributed by atoms with E-state index in [0.717, 1.165) is 18.4 Å². The van der Waals surface area contributed by atoms with Gasteiger partial charge in [-0.3, -0.25) is 4.79 Å². The highest BCUT2D eigenvalue weighted by Crippen LogP contribution is 2.39. The number of hydrogen-bond donors (Lipinski definition) is 0. The fourth-order valence-corrected chi connectivity index (χ4v) is 2.91. The van der Waals surface area contributed by atoms with Gasteiger partial charge in [-0.25, -0.2) is 0 Å². The summed E-state index contributed by atoms with van der Waals surface area (Å²) in [7, 11) is 1.75. The van der Waals surface area contributed by atoms with Gasteiger partial charge in [-0.2, -0.15) is 5.26 Å². The minimum Gasteiger partial charge on any atom is -0.340 e. The maximum Gasteiger partial charge on any atom is 0.243 e. The Labute approximate surface area is 118 Å². The molecule has 4 heteroatoms. The van der Waals surface area contributed by atoms with Crippen LogP contribution in [0, 0.1) is 16.7 Å². The van der Waals surface area contributed by atoms with Crippen LogP contribution in [0.25, 0.3) is 0 Å². The van der Waals surface area contributed by atoms with E-state index < -0.39 is 5.41 Å². The summed E-state index contributed by atoms with van der Waals surface area (Å²) in [5.41, 5.74) is 0.183. The highest BCUT2D eigenvalue weighted by Gasteiger charge is 2.43. The van der Waals surface area contributed by atoms with Gasteiger partial charge in [-0.15, -0.1) is 0 Å². The van der Waals surface area contributed by atoms with Crippen molar-refractivity contribution in [3.63, 3.8) is 0 Å². The maximum absolute atomic E-state index is 12.5. The van der Waals surface area contributed by atoms with Crippen LogP contribution in [0.4, 0.5) is 0 Å². The van der Waals surface area contributed by atoms with Crippen LogP contribution in [0.15, 0.2) is 24.3 Å². The second-order valence-electron chi connectivity index (χ2n) is 5.19. The number of amides is 1. The van der Waals surface area contributed by atoms with Crippen molar-refractivity contribution in [3.05, 3.63) is 34.9 Å². The molecule has 2 rings (SSSR count). The molecule has 0 aromatic heterocycles. The number of carbonyl (C=O) groups excluding carboxylic acids is 1. The lowest BCUT2D eigenvalue weighted by atomic mass is 9.86. The summed E-state index contributed by atoms with van der Waals surface area (Å²) >= 11 is 5.93. The normalized spacial score (nSPS) is 16.9. The largest absolute Gasteiger partial charge is 0.340 e. The molecule has 1 aromatic rings. The molecule has 0 atom stereocenters. The molecule has 0 unspecified atom stereocenters. The van der Waals surface area contributed by atoms with Crippen molar-refractivity contribution >= 4 is 17.5 Å². The first-order chi connectivity index (χ1) is 9.07. The monoisotopic (exact) mass is 276 g/mol. The average Bonchev–Trinajstić information content (AvgIpc) is 2.87. The van der Waals surface area contributed by atoms with Crippen molar-refractivity contribution in [2.75, 3.05) is 7.05 Å². The molecular weight excluding hydrogens is 260 g/mol. The Kier molecular flexibility index (Phi) is 4.11. The van der Waals surface area contributed by atoms with Crippen molar-refractivity contribution in [2.24, 2.45) is 5.41 Å². The number of benzene rings is 1. The minimum absolute atomic E-state index is 0.0625. The number of carbonyl (C=O) groups is 1. The predicted molar refractivity (Wildman–Crippen MR) is 74.4 cm³/mol. The summed E-state index contributed by atoms with van der Waals surface area (Å²) in [5.74, 6) is -0.0625. The molecule has 1 aromatic carbocycles. The summed E-state index contributed by atoms with van der Waals surface area (Å²) in [6.07, 6.45) is 3.29. The summed E-state index contributed by atoms with van der Waals surface area (Å²) in [5, 5.41) is 9.99. The smallest absolute Gasteiger partial charge is 0.243 e. The van der Waals surface area contributed by atoms with Crippen LogP contribution in [0.1, 0.15) is 31.2 Å². The van der Waals surface area contributed by atoms with Crippen molar-refractivity contribution in [3.8, 4) is 6.07 Å². The Morgan fingerprint density at radius 3 is 2.74 bits per heavy atom. The molecular formula is C15H17ClN2O. The third-order valence-electron chi connectivity index (χ3n) is 3.74. The van der Waals surface area contributed by atoms with Gasteiger partial charge >= 0.3 is 0 Å². The van der Waals surface area contributed by atoms with Gasteiger partial charge in [0.15, 0.2) is 0 Å². The summed E-state index contributed by atoms with van der Waals surface area (Å²) in [4.78, 5) is 14.1. The first-order valence-corrected chi connectivity index (χ1v) is 6.86. The van der Waals surface area contributed by atoms with Gasteiger partial charge in [0.05, 0.1) is 6.07 Å². The van der Waals surface area contributed by atoms with E-state index in [-0.39, 0.29) is 5.91 Å². The minimum atomic E-state index is -0.798. The first-order valence-electron chi connectivity index (χ1n) is 6.49. The highest BCUT2D eigenvalue weighted by molar-refractivity contribution is 6.30. The molecule has 1 fully saturated rings. The summed E-state index contributed by atoms with van der Waals surface area (Å²) < 4.78 is 0. The Bertz CT molecular complexity index is 515. The molecule has 3 nitrogen and oxygen atoms in total. The van der Waals surface area contributed by atoms with E-state index in [9.17, 15) is 10.1 Å². The van der Waals surface area contributed by atoms with Crippen molar-refractivity contribution < 1.29 is 4.79 Å². The van der Waals surface area contributed by atoms with E-state index in [1.54, 1.807) is 18.0 Å². The Balaban J connectivity index is 2.10. The van der Waals surface area contributed by atoms with Crippen LogP contribution in [0.2, 0.25) is 5.02 Å². The Morgan fingerprint density at radius 2 is 2.16 bits per heavy atom. The molecule has 1 aliphatic rings. The molecule has 0 aliphatic heterocycles. The molecule has 0 heterocycles. The van der Waals surface area contributed by atoms with Gasteiger partial charge in [0.1, 0.15) is 5.41 Å². The molecule has 1 aliphatic carbocycles. The Morgan fingerprint density at radius 1 is 1.47 bits per heavy atom. The summed E-state index contributed by atoms with van der Waals surface area (Å²) in [6.45, 7) is 0.489.